The summed E-state index contributed by atoms with van der Waals surface area (Å²) in [5.74, 6) is 1.29. The molecule has 1 aliphatic carbocycles. The minimum atomic E-state index is 0.110. The maximum absolute atomic E-state index is 6.15. The second-order valence-electron chi connectivity index (χ2n) is 4.99. The topological polar surface area (TPSA) is 77.8 Å². The van der Waals surface area contributed by atoms with Crippen LogP contribution in [0.1, 0.15) is 37.5 Å². The van der Waals surface area contributed by atoms with Crippen LogP contribution in [0.25, 0.3) is 11.5 Å². The fraction of sp³-hybridized carbons (Fsp3) is 0.462. The molecule has 3 rings (SSSR count). The third-order valence-electron chi connectivity index (χ3n) is 3.60. The molecule has 0 aliphatic heterocycles. The fourth-order valence-electron chi connectivity index (χ4n) is 2.53. The molecule has 1 fully saturated rings. The molecule has 2 aromatic rings. The van der Waals surface area contributed by atoms with Crippen molar-refractivity contribution in [1.29, 1.82) is 0 Å². The van der Waals surface area contributed by atoms with E-state index in [4.69, 9.17) is 10.3 Å². The molecule has 0 bridgehead atoms. The van der Waals surface area contributed by atoms with E-state index < -0.39 is 0 Å². The molecule has 7 heteroatoms. The second-order valence-corrected chi connectivity index (χ2v) is 6.77. The third-order valence-corrected chi connectivity index (χ3v) is 4.64. The maximum atomic E-state index is 6.15. The van der Waals surface area contributed by atoms with E-state index in [1.54, 1.807) is 6.20 Å². The maximum Gasteiger partial charge on any atom is 0.231 e. The van der Waals surface area contributed by atoms with E-state index in [0.29, 0.717) is 17.4 Å². The Balaban J connectivity index is 1.89. The van der Waals surface area contributed by atoms with Gasteiger partial charge < -0.3 is 10.3 Å². The van der Waals surface area contributed by atoms with E-state index in [0.717, 1.165) is 28.2 Å². The Morgan fingerprint density at radius 2 is 2.05 bits per heavy atom. The molecule has 1 aliphatic rings. The van der Waals surface area contributed by atoms with Crippen molar-refractivity contribution in [1.82, 2.24) is 15.1 Å². The summed E-state index contributed by atoms with van der Waals surface area (Å²) in [6.45, 7) is 0. The van der Waals surface area contributed by atoms with Crippen LogP contribution in [0.4, 0.5) is 0 Å². The van der Waals surface area contributed by atoms with Gasteiger partial charge >= 0.3 is 0 Å². The van der Waals surface area contributed by atoms with E-state index in [1.165, 1.54) is 6.42 Å². The summed E-state index contributed by atoms with van der Waals surface area (Å²) in [7, 11) is 0. The zero-order valence-corrected chi connectivity index (χ0v) is 13.9. The van der Waals surface area contributed by atoms with Crippen molar-refractivity contribution in [2.24, 2.45) is 5.73 Å². The lowest BCUT2D eigenvalue weighted by Crippen LogP contribution is -2.31. The molecule has 2 aromatic heterocycles. The molecule has 2 atom stereocenters. The normalized spacial score (nSPS) is 22.9. The van der Waals surface area contributed by atoms with Gasteiger partial charge in [-0.05, 0) is 50.8 Å². The highest BCUT2D eigenvalue weighted by atomic mass is 79.9. The Morgan fingerprint density at radius 3 is 2.80 bits per heavy atom. The predicted octanol–water partition coefficient (Wildman–Crippen LogP) is 3.64. The molecule has 5 nitrogen and oxygen atoms in total. The number of rotatable bonds is 2. The summed E-state index contributed by atoms with van der Waals surface area (Å²) in [6, 6.07) is 2.02. The van der Waals surface area contributed by atoms with Crippen LogP contribution in [-0.2, 0) is 0 Å². The van der Waals surface area contributed by atoms with Crippen LogP contribution in [0.15, 0.2) is 25.7 Å². The first-order chi connectivity index (χ1) is 9.65. The van der Waals surface area contributed by atoms with Crippen molar-refractivity contribution < 1.29 is 4.52 Å². The highest BCUT2D eigenvalue weighted by Gasteiger charge is 2.28. The number of nitrogens with two attached hydrogens (primary N) is 1. The number of hydrogen-bond donors (Lipinski definition) is 1. The van der Waals surface area contributed by atoms with Gasteiger partial charge in [0, 0.05) is 21.2 Å². The van der Waals surface area contributed by atoms with Crippen molar-refractivity contribution >= 4 is 31.9 Å². The zero-order chi connectivity index (χ0) is 14.1. The van der Waals surface area contributed by atoms with Crippen molar-refractivity contribution in [3.63, 3.8) is 0 Å². The molecule has 2 N–H and O–H groups in total. The fourth-order valence-corrected chi connectivity index (χ4v) is 3.69. The number of halogens is 2. The SMILES string of the molecule is NC1CCCCC1c1nc(-c2ncc(Br)cc2Br)no1. The van der Waals surface area contributed by atoms with E-state index in [-0.39, 0.29) is 12.0 Å². The van der Waals surface area contributed by atoms with E-state index >= 15 is 0 Å². The minimum absolute atomic E-state index is 0.110. The van der Waals surface area contributed by atoms with Gasteiger partial charge in [-0.3, -0.25) is 4.98 Å². The van der Waals surface area contributed by atoms with Crippen LogP contribution in [-0.4, -0.2) is 21.2 Å². The lowest BCUT2D eigenvalue weighted by molar-refractivity contribution is 0.290. The molecular formula is C13H14Br2N4O. The van der Waals surface area contributed by atoms with Gasteiger partial charge in [-0.1, -0.05) is 18.0 Å². The molecule has 0 saturated heterocycles. The first-order valence-electron chi connectivity index (χ1n) is 6.56. The highest BCUT2D eigenvalue weighted by molar-refractivity contribution is 9.11. The summed E-state index contributed by atoms with van der Waals surface area (Å²) in [5.41, 5.74) is 6.82. The van der Waals surface area contributed by atoms with Crippen molar-refractivity contribution in [2.45, 2.75) is 37.6 Å². The van der Waals surface area contributed by atoms with Gasteiger partial charge in [0.15, 0.2) is 0 Å². The third kappa shape index (κ3) is 2.80. The Kier molecular flexibility index (Phi) is 4.18. The van der Waals surface area contributed by atoms with Crippen molar-refractivity contribution in [2.75, 3.05) is 0 Å². The Labute approximate surface area is 133 Å². The van der Waals surface area contributed by atoms with Crippen LogP contribution in [0.2, 0.25) is 0 Å². The first kappa shape index (κ1) is 14.2. The van der Waals surface area contributed by atoms with Gasteiger partial charge in [-0.25, -0.2) is 0 Å². The predicted molar refractivity (Wildman–Crippen MR) is 82.1 cm³/mol. The van der Waals surface area contributed by atoms with Crippen LogP contribution in [0.3, 0.4) is 0 Å². The molecule has 106 valence electrons. The van der Waals surface area contributed by atoms with Crippen LogP contribution >= 0.6 is 31.9 Å². The Hall–Kier alpha value is -0.790. The summed E-state index contributed by atoms with van der Waals surface area (Å²) < 4.78 is 7.12. The van der Waals surface area contributed by atoms with Gasteiger partial charge in [0.25, 0.3) is 0 Å². The average molecular weight is 402 g/mol. The average Bonchev–Trinajstić information content (AvgIpc) is 2.88. The van der Waals surface area contributed by atoms with E-state index in [9.17, 15) is 0 Å². The number of pyridine rings is 1. The smallest absolute Gasteiger partial charge is 0.231 e. The monoisotopic (exact) mass is 400 g/mol. The molecule has 0 spiro atoms. The molecule has 0 amide bonds. The largest absolute Gasteiger partial charge is 0.339 e. The summed E-state index contributed by atoms with van der Waals surface area (Å²) in [5, 5.41) is 4.04. The molecule has 0 aromatic carbocycles. The Morgan fingerprint density at radius 1 is 1.25 bits per heavy atom. The molecular weight excluding hydrogens is 388 g/mol. The summed E-state index contributed by atoms with van der Waals surface area (Å²) in [6.07, 6.45) is 6.08. The van der Waals surface area contributed by atoms with Crippen LogP contribution in [0, 0.1) is 0 Å². The molecule has 0 radical (unpaired) electrons. The lowest BCUT2D eigenvalue weighted by atomic mass is 9.85. The second kappa shape index (κ2) is 5.91. The quantitative estimate of drug-likeness (QED) is 0.830. The van der Waals surface area contributed by atoms with Gasteiger partial charge in [-0.2, -0.15) is 4.98 Å². The van der Waals surface area contributed by atoms with E-state index in [2.05, 4.69) is 47.0 Å². The first-order valence-corrected chi connectivity index (χ1v) is 8.14. The van der Waals surface area contributed by atoms with E-state index in [1.807, 2.05) is 6.07 Å². The highest BCUT2D eigenvalue weighted by Crippen LogP contribution is 2.33. The van der Waals surface area contributed by atoms with Crippen LogP contribution < -0.4 is 5.73 Å². The van der Waals surface area contributed by atoms with Gasteiger partial charge in [0.2, 0.25) is 11.7 Å². The van der Waals surface area contributed by atoms with Crippen molar-refractivity contribution in [3.8, 4) is 11.5 Å². The van der Waals surface area contributed by atoms with Gasteiger partial charge in [-0.15, -0.1) is 0 Å². The number of nitrogens with zero attached hydrogens (tertiary/aromatic N) is 3. The number of aromatic nitrogens is 3. The van der Waals surface area contributed by atoms with Gasteiger partial charge in [0.05, 0.1) is 5.92 Å². The minimum Gasteiger partial charge on any atom is -0.339 e. The molecule has 20 heavy (non-hydrogen) atoms. The standard InChI is InChI=1S/C13H14Br2N4O/c14-7-5-9(15)11(17-6-7)12-18-13(20-19-12)8-3-1-2-4-10(8)16/h5-6,8,10H,1-4,16H2. The summed E-state index contributed by atoms with van der Waals surface area (Å²) in [4.78, 5) is 8.80. The Bertz CT molecular complexity index is 616. The molecule has 1 saturated carbocycles. The van der Waals surface area contributed by atoms with Crippen molar-refractivity contribution in [3.05, 3.63) is 27.1 Å². The van der Waals surface area contributed by atoms with Gasteiger partial charge in [0.1, 0.15) is 5.69 Å². The lowest BCUT2D eigenvalue weighted by Gasteiger charge is -2.25. The molecule has 2 unspecified atom stereocenters. The molecule has 2 heterocycles. The summed E-state index contributed by atoms with van der Waals surface area (Å²) >= 11 is 6.83. The zero-order valence-electron chi connectivity index (χ0n) is 10.7. The van der Waals surface area contributed by atoms with Crippen LogP contribution in [0.5, 0.6) is 0 Å². The number of hydrogen-bond acceptors (Lipinski definition) is 5.